The number of hydrogen-bond donors (Lipinski definition) is 0. The van der Waals surface area contributed by atoms with E-state index in [0.717, 1.165) is 22.7 Å². The van der Waals surface area contributed by atoms with E-state index in [9.17, 15) is 0 Å². The maximum atomic E-state index is 5.90. The first-order valence-electron chi connectivity index (χ1n) is 8.72. The number of pyridine rings is 1. The molecule has 1 aromatic carbocycles. The Morgan fingerprint density at radius 2 is 1.88 bits per heavy atom. The van der Waals surface area contributed by atoms with Crippen molar-refractivity contribution in [3.63, 3.8) is 0 Å². The van der Waals surface area contributed by atoms with Crippen molar-refractivity contribution in [1.29, 1.82) is 0 Å². The van der Waals surface area contributed by atoms with Gasteiger partial charge in [-0.15, -0.1) is 0 Å². The fourth-order valence-electron chi connectivity index (χ4n) is 2.91. The van der Waals surface area contributed by atoms with E-state index in [1.807, 2.05) is 43.5 Å². The van der Waals surface area contributed by atoms with Crippen molar-refractivity contribution in [3.8, 4) is 11.5 Å². The van der Waals surface area contributed by atoms with Gasteiger partial charge in [0.1, 0.15) is 5.76 Å². The number of likely N-dealkylation sites (N-methyl/N-ethyl adjacent to an activating group) is 1. The highest BCUT2D eigenvalue weighted by molar-refractivity contribution is 5.54. The maximum absolute atomic E-state index is 5.90. The van der Waals surface area contributed by atoms with Crippen molar-refractivity contribution < 1.29 is 9.15 Å². The Morgan fingerprint density at radius 3 is 2.54 bits per heavy atom. The molecule has 0 fully saturated rings. The standard InChI is InChI=1S/C21H25N3O2/c1-15-8-10-17(11-9-15)21-23-19(16(2)26-21)13-24(3)20(14-25-4)18-7-5-6-12-22-18/h5-12,20H,13-14H2,1-4H3/t20-/m0/s1. The van der Waals surface area contributed by atoms with Crippen LogP contribution >= 0.6 is 0 Å². The van der Waals surface area contributed by atoms with Crippen LogP contribution in [0.5, 0.6) is 0 Å². The van der Waals surface area contributed by atoms with Gasteiger partial charge in [0.05, 0.1) is 24.0 Å². The molecule has 0 N–H and O–H groups in total. The van der Waals surface area contributed by atoms with Gasteiger partial charge in [-0.2, -0.15) is 0 Å². The molecule has 0 bridgehead atoms. The zero-order valence-corrected chi connectivity index (χ0v) is 15.8. The summed E-state index contributed by atoms with van der Waals surface area (Å²) in [5.41, 5.74) is 4.12. The summed E-state index contributed by atoms with van der Waals surface area (Å²) in [6, 6.07) is 14.2. The second-order valence-electron chi connectivity index (χ2n) is 6.53. The van der Waals surface area contributed by atoms with E-state index in [1.165, 1.54) is 5.56 Å². The molecule has 0 unspecified atom stereocenters. The molecule has 0 aliphatic carbocycles. The summed E-state index contributed by atoms with van der Waals surface area (Å²) in [5.74, 6) is 1.50. The number of rotatable bonds is 7. The fourth-order valence-corrected chi connectivity index (χ4v) is 2.91. The highest BCUT2D eigenvalue weighted by Crippen LogP contribution is 2.25. The minimum Gasteiger partial charge on any atom is -0.441 e. The number of ether oxygens (including phenoxy) is 1. The van der Waals surface area contributed by atoms with E-state index in [1.54, 1.807) is 7.11 Å². The van der Waals surface area contributed by atoms with Crippen LogP contribution in [0, 0.1) is 13.8 Å². The third kappa shape index (κ3) is 4.18. The van der Waals surface area contributed by atoms with Crippen molar-refractivity contribution in [2.24, 2.45) is 0 Å². The van der Waals surface area contributed by atoms with Gasteiger partial charge in [-0.25, -0.2) is 4.98 Å². The van der Waals surface area contributed by atoms with Gasteiger partial charge in [-0.05, 0) is 45.2 Å². The van der Waals surface area contributed by atoms with E-state index in [0.29, 0.717) is 19.0 Å². The van der Waals surface area contributed by atoms with Crippen LogP contribution in [-0.4, -0.2) is 35.6 Å². The zero-order valence-electron chi connectivity index (χ0n) is 15.8. The predicted molar refractivity (Wildman–Crippen MR) is 102 cm³/mol. The zero-order chi connectivity index (χ0) is 18.5. The lowest BCUT2D eigenvalue weighted by Crippen LogP contribution is -2.28. The number of aromatic nitrogens is 2. The van der Waals surface area contributed by atoms with Gasteiger partial charge in [0.2, 0.25) is 5.89 Å². The van der Waals surface area contributed by atoms with E-state index in [-0.39, 0.29) is 6.04 Å². The second-order valence-corrected chi connectivity index (χ2v) is 6.53. The highest BCUT2D eigenvalue weighted by atomic mass is 16.5. The molecule has 0 spiro atoms. The molecule has 0 saturated heterocycles. The summed E-state index contributed by atoms with van der Waals surface area (Å²) < 4.78 is 11.3. The van der Waals surface area contributed by atoms with Crippen LogP contribution in [0.25, 0.3) is 11.5 Å². The van der Waals surface area contributed by atoms with Crippen LogP contribution in [0.1, 0.15) is 28.8 Å². The Labute approximate surface area is 154 Å². The van der Waals surface area contributed by atoms with E-state index in [2.05, 4.69) is 36.0 Å². The van der Waals surface area contributed by atoms with Gasteiger partial charge >= 0.3 is 0 Å². The Bertz CT molecular complexity index is 828. The van der Waals surface area contributed by atoms with E-state index in [4.69, 9.17) is 14.1 Å². The highest BCUT2D eigenvalue weighted by Gasteiger charge is 2.21. The lowest BCUT2D eigenvalue weighted by Gasteiger charge is -2.26. The summed E-state index contributed by atoms with van der Waals surface area (Å²) in [6.07, 6.45) is 1.81. The largest absolute Gasteiger partial charge is 0.441 e. The van der Waals surface area contributed by atoms with Gasteiger partial charge in [0, 0.05) is 25.4 Å². The van der Waals surface area contributed by atoms with E-state index >= 15 is 0 Å². The Kier molecular flexibility index (Phi) is 5.81. The normalized spacial score (nSPS) is 12.5. The first kappa shape index (κ1) is 18.3. The van der Waals surface area contributed by atoms with Crippen LogP contribution in [-0.2, 0) is 11.3 Å². The first-order chi connectivity index (χ1) is 12.6. The molecule has 0 saturated carbocycles. The fraction of sp³-hybridized carbons (Fsp3) is 0.333. The third-order valence-corrected chi connectivity index (χ3v) is 4.48. The number of hydrogen-bond acceptors (Lipinski definition) is 5. The lowest BCUT2D eigenvalue weighted by molar-refractivity contribution is 0.0991. The minimum atomic E-state index is 0.0557. The smallest absolute Gasteiger partial charge is 0.226 e. The van der Waals surface area contributed by atoms with Crippen LogP contribution in [0.3, 0.4) is 0 Å². The number of nitrogens with zero attached hydrogens (tertiary/aromatic N) is 3. The molecule has 0 aliphatic rings. The van der Waals surface area contributed by atoms with Crippen LogP contribution in [0.2, 0.25) is 0 Å². The van der Waals surface area contributed by atoms with Gasteiger partial charge in [0.15, 0.2) is 0 Å². The molecule has 3 aromatic rings. The summed E-state index contributed by atoms with van der Waals surface area (Å²) in [6.45, 7) is 5.25. The number of benzene rings is 1. The molecule has 2 heterocycles. The summed E-state index contributed by atoms with van der Waals surface area (Å²) in [7, 11) is 3.76. The van der Waals surface area contributed by atoms with Crippen molar-refractivity contribution in [2.75, 3.05) is 20.8 Å². The molecule has 0 radical (unpaired) electrons. The third-order valence-electron chi connectivity index (χ3n) is 4.48. The Morgan fingerprint density at radius 1 is 1.12 bits per heavy atom. The summed E-state index contributed by atoms with van der Waals surface area (Å²) in [4.78, 5) is 11.4. The van der Waals surface area contributed by atoms with Crippen molar-refractivity contribution in [1.82, 2.24) is 14.9 Å². The molecule has 0 amide bonds. The second kappa shape index (κ2) is 8.25. The summed E-state index contributed by atoms with van der Waals surface area (Å²) >= 11 is 0. The predicted octanol–water partition coefficient (Wildman–Crippen LogP) is 4.17. The molecular weight excluding hydrogens is 326 g/mol. The topological polar surface area (TPSA) is 51.4 Å². The van der Waals surface area contributed by atoms with E-state index < -0.39 is 0 Å². The van der Waals surface area contributed by atoms with Gasteiger partial charge in [-0.1, -0.05) is 23.8 Å². The molecule has 26 heavy (non-hydrogen) atoms. The lowest BCUT2D eigenvalue weighted by atomic mass is 10.1. The van der Waals surface area contributed by atoms with Crippen molar-refractivity contribution in [3.05, 3.63) is 71.4 Å². The average Bonchev–Trinajstić information content (AvgIpc) is 3.01. The molecule has 1 atom stereocenters. The van der Waals surface area contributed by atoms with Gasteiger partial charge in [-0.3, -0.25) is 9.88 Å². The SMILES string of the molecule is COC[C@@H](c1ccccn1)N(C)Cc1nc(-c2ccc(C)cc2)oc1C. The van der Waals surface area contributed by atoms with Crippen LogP contribution in [0.4, 0.5) is 0 Å². The molecule has 0 aliphatic heterocycles. The Balaban J connectivity index is 1.80. The molecule has 5 nitrogen and oxygen atoms in total. The van der Waals surface area contributed by atoms with Crippen molar-refractivity contribution >= 4 is 0 Å². The molecule has 2 aromatic heterocycles. The molecule has 5 heteroatoms. The Hall–Kier alpha value is -2.50. The number of aryl methyl sites for hydroxylation is 2. The maximum Gasteiger partial charge on any atom is 0.226 e. The monoisotopic (exact) mass is 351 g/mol. The van der Waals surface area contributed by atoms with Crippen molar-refractivity contribution in [2.45, 2.75) is 26.4 Å². The number of oxazole rings is 1. The quantitative estimate of drug-likeness (QED) is 0.639. The number of methoxy groups -OCH3 is 1. The molecule has 136 valence electrons. The summed E-state index contributed by atoms with van der Waals surface area (Å²) in [5, 5.41) is 0. The molecular formula is C21H25N3O2. The first-order valence-corrected chi connectivity index (χ1v) is 8.72. The average molecular weight is 351 g/mol. The van der Waals surface area contributed by atoms with Gasteiger partial charge in [0.25, 0.3) is 0 Å². The minimum absolute atomic E-state index is 0.0557. The van der Waals surface area contributed by atoms with Gasteiger partial charge < -0.3 is 9.15 Å². The van der Waals surface area contributed by atoms with Crippen LogP contribution in [0.15, 0.2) is 53.1 Å². The molecule has 3 rings (SSSR count). The van der Waals surface area contributed by atoms with Crippen LogP contribution < -0.4 is 0 Å².